The summed E-state index contributed by atoms with van der Waals surface area (Å²) in [6.07, 6.45) is 6.50. The molecule has 0 unspecified atom stereocenters. The Labute approximate surface area is 164 Å². The van der Waals surface area contributed by atoms with Crippen LogP contribution in [0.4, 0.5) is 0 Å². The molecule has 0 spiro atoms. The van der Waals surface area contributed by atoms with Crippen LogP contribution in [0.25, 0.3) is 11.1 Å². The Morgan fingerprint density at radius 2 is 2.04 bits per heavy atom. The Morgan fingerprint density at radius 3 is 2.68 bits per heavy atom. The summed E-state index contributed by atoms with van der Waals surface area (Å²) in [5.41, 5.74) is 3.65. The zero-order valence-electron chi connectivity index (χ0n) is 15.9. The average Bonchev–Trinajstić information content (AvgIpc) is 3.07. The van der Waals surface area contributed by atoms with Gasteiger partial charge in [-0.3, -0.25) is 9.97 Å². The lowest BCUT2D eigenvalue weighted by Gasteiger charge is -2.31. The number of nitrogens with zero attached hydrogens (tertiary/aromatic N) is 4. The Morgan fingerprint density at radius 1 is 1.18 bits per heavy atom. The molecule has 8 heteroatoms. The second-order valence-corrected chi connectivity index (χ2v) is 9.00. The second-order valence-electron chi connectivity index (χ2n) is 7.06. The summed E-state index contributed by atoms with van der Waals surface area (Å²) < 4.78 is 32.6. The van der Waals surface area contributed by atoms with Crippen LogP contribution < -0.4 is 0 Å². The van der Waals surface area contributed by atoms with Crippen LogP contribution in [-0.2, 0) is 10.0 Å². The van der Waals surface area contributed by atoms with Crippen molar-refractivity contribution in [2.45, 2.75) is 37.5 Å². The third kappa shape index (κ3) is 3.45. The highest BCUT2D eigenvalue weighted by Gasteiger charge is 2.31. The third-order valence-corrected chi connectivity index (χ3v) is 7.03. The molecule has 0 N–H and O–H groups in total. The lowest BCUT2D eigenvalue weighted by atomic mass is 9.95. The summed E-state index contributed by atoms with van der Waals surface area (Å²) in [6.45, 7) is 4.73. The smallest absolute Gasteiger partial charge is 0.244 e. The van der Waals surface area contributed by atoms with Gasteiger partial charge < -0.3 is 4.52 Å². The first-order valence-corrected chi connectivity index (χ1v) is 10.7. The molecule has 28 heavy (non-hydrogen) atoms. The summed E-state index contributed by atoms with van der Waals surface area (Å²) in [5, 5.41) is 3.99. The van der Waals surface area contributed by atoms with E-state index in [9.17, 15) is 8.42 Å². The van der Waals surface area contributed by atoms with Gasteiger partial charge >= 0.3 is 0 Å². The number of hydrogen-bond donors (Lipinski definition) is 0. The molecule has 3 aromatic rings. The molecule has 1 aliphatic heterocycles. The highest BCUT2D eigenvalue weighted by Crippen LogP contribution is 2.31. The maximum atomic E-state index is 12.9. The average molecular weight is 398 g/mol. The molecule has 1 saturated heterocycles. The fourth-order valence-electron chi connectivity index (χ4n) is 3.74. The first-order valence-electron chi connectivity index (χ1n) is 9.26. The van der Waals surface area contributed by atoms with Crippen molar-refractivity contribution in [2.24, 2.45) is 0 Å². The number of piperidine rings is 1. The standard InChI is InChI=1S/C20H22N4O3S/c1-14-20(15(2)27-23-14)16-7-8-19(22-11-16)17-5-4-10-24(13-17)28(25,26)18-6-3-9-21-12-18/h3,6-9,11-12,17H,4-5,10,13H2,1-2H3/t17-/m1/s1. The van der Waals surface area contributed by atoms with Crippen LogP contribution in [0.1, 0.15) is 35.9 Å². The largest absolute Gasteiger partial charge is 0.361 e. The fraction of sp³-hybridized carbons (Fsp3) is 0.350. The lowest BCUT2D eigenvalue weighted by molar-refractivity contribution is 0.312. The summed E-state index contributed by atoms with van der Waals surface area (Å²) >= 11 is 0. The number of aryl methyl sites for hydroxylation is 2. The molecule has 4 heterocycles. The number of hydrogen-bond acceptors (Lipinski definition) is 6. The van der Waals surface area contributed by atoms with Crippen molar-refractivity contribution in [3.63, 3.8) is 0 Å². The lowest BCUT2D eigenvalue weighted by Crippen LogP contribution is -2.39. The molecule has 0 radical (unpaired) electrons. The van der Waals surface area contributed by atoms with E-state index >= 15 is 0 Å². The molecule has 0 aliphatic carbocycles. The molecule has 0 bridgehead atoms. The van der Waals surface area contributed by atoms with Crippen LogP contribution in [0, 0.1) is 13.8 Å². The molecular formula is C20H22N4O3S. The van der Waals surface area contributed by atoms with Gasteiger partial charge in [-0.2, -0.15) is 4.31 Å². The predicted octanol–water partition coefficient (Wildman–Crippen LogP) is 3.32. The van der Waals surface area contributed by atoms with Gasteiger partial charge in [-0.05, 0) is 44.9 Å². The summed E-state index contributed by atoms with van der Waals surface area (Å²) in [6, 6.07) is 7.21. The van der Waals surface area contributed by atoms with Crippen LogP contribution in [0.3, 0.4) is 0 Å². The normalized spacial score (nSPS) is 18.3. The van der Waals surface area contributed by atoms with Gasteiger partial charge in [-0.15, -0.1) is 0 Å². The number of sulfonamides is 1. The van der Waals surface area contributed by atoms with Crippen LogP contribution in [0.5, 0.6) is 0 Å². The van der Waals surface area contributed by atoms with E-state index in [-0.39, 0.29) is 10.8 Å². The predicted molar refractivity (Wildman–Crippen MR) is 104 cm³/mol. The minimum atomic E-state index is -3.54. The molecule has 0 aromatic carbocycles. The Kier molecular flexibility index (Phi) is 4.99. The van der Waals surface area contributed by atoms with E-state index in [1.165, 1.54) is 6.20 Å². The van der Waals surface area contributed by atoms with Gasteiger partial charge in [0, 0.05) is 54.4 Å². The number of pyridine rings is 2. The first-order chi connectivity index (χ1) is 13.5. The molecule has 1 fully saturated rings. The van der Waals surface area contributed by atoms with Crippen LogP contribution in [-0.4, -0.2) is 40.9 Å². The molecule has 4 rings (SSSR count). The quantitative estimate of drug-likeness (QED) is 0.670. The van der Waals surface area contributed by atoms with E-state index in [0.717, 1.165) is 41.1 Å². The molecule has 0 amide bonds. The Hall–Kier alpha value is -2.58. The molecule has 1 aliphatic rings. The molecular weight excluding hydrogens is 376 g/mol. The summed E-state index contributed by atoms with van der Waals surface area (Å²) in [7, 11) is -3.54. The van der Waals surface area contributed by atoms with Crippen LogP contribution in [0.15, 0.2) is 52.3 Å². The molecule has 7 nitrogen and oxygen atoms in total. The third-order valence-electron chi connectivity index (χ3n) is 5.18. The van der Waals surface area contributed by atoms with Gasteiger partial charge in [0.1, 0.15) is 10.7 Å². The zero-order valence-corrected chi connectivity index (χ0v) is 16.7. The van der Waals surface area contributed by atoms with Crippen LogP contribution >= 0.6 is 0 Å². The van der Waals surface area contributed by atoms with Crippen molar-refractivity contribution in [3.05, 3.63) is 60.0 Å². The van der Waals surface area contributed by atoms with Gasteiger partial charge in [-0.1, -0.05) is 11.2 Å². The molecule has 1 atom stereocenters. The Balaban J connectivity index is 1.55. The maximum Gasteiger partial charge on any atom is 0.244 e. The van der Waals surface area contributed by atoms with E-state index in [1.807, 2.05) is 32.2 Å². The van der Waals surface area contributed by atoms with E-state index in [2.05, 4.69) is 15.1 Å². The minimum absolute atomic E-state index is 0.0684. The van der Waals surface area contributed by atoms with Gasteiger partial charge in [0.15, 0.2) is 0 Å². The summed E-state index contributed by atoms with van der Waals surface area (Å²) in [4.78, 5) is 8.80. The number of rotatable bonds is 4. The SMILES string of the molecule is Cc1noc(C)c1-c1ccc([C@@H]2CCCN(S(=O)(=O)c3cccnc3)C2)nc1. The van der Waals surface area contributed by atoms with Crippen molar-refractivity contribution in [1.82, 2.24) is 19.4 Å². The van der Waals surface area contributed by atoms with E-state index in [0.29, 0.717) is 13.1 Å². The second kappa shape index (κ2) is 7.44. The highest BCUT2D eigenvalue weighted by atomic mass is 32.2. The monoisotopic (exact) mass is 398 g/mol. The van der Waals surface area contributed by atoms with Crippen molar-refractivity contribution in [2.75, 3.05) is 13.1 Å². The topological polar surface area (TPSA) is 89.2 Å². The molecule has 146 valence electrons. The van der Waals surface area contributed by atoms with Crippen LogP contribution in [0.2, 0.25) is 0 Å². The molecule has 0 saturated carbocycles. The van der Waals surface area contributed by atoms with E-state index < -0.39 is 10.0 Å². The number of aromatic nitrogens is 3. The van der Waals surface area contributed by atoms with Gasteiger partial charge in [0.05, 0.1) is 5.69 Å². The van der Waals surface area contributed by atoms with Crippen molar-refractivity contribution in [3.8, 4) is 11.1 Å². The van der Waals surface area contributed by atoms with Crippen molar-refractivity contribution < 1.29 is 12.9 Å². The van der Waals surface area contributed by atoms with Gasteiger partial charge in [0.25, 0.3) is 0 Å². The van der Waals surface area contributed by atoms with E-state index in [4.69, 9.17) is 4.52 Å². The highest BCUT2D eigenvalue weighted by molar-refractivity contribution is 7.89. The maximum absolute atomic E-state index is 12.9. The zero-order chi connectivity index (χ0) is 19.7. The minimum Gasteiger partial charge on any atom is -0.361 e. The van der Waals surface area contributed by atoms with Gasteiger partial charge in [-0.25, -0.2) is 8.42 Å². The Bertz CT molecular complexity index is 1040. The fourth-order valence-corrected chi connectivity index (χ4v) is 5.23. The first kappa shape index (κ1) is 18.8. The van der Waals surface area contributed by atoms with Crippen molar-refractivity contribution in [1.29, 1.82) is 0 Å². The van der Waals surface area contributed by atoms with Crippen molar-refractivity contribution >= 4 is 10.0 Å². The van der Waals surface area contributed by atoms with Gasteiger partial charge in [0.2, 0.25) is 10.0 Å². The molecule has 3 aromatic heterocycles. The summed E-state index contributed by atoms with van der Waals surface area (Å²) in [5.74, 6) is 0.831. The van der Waals surface area contributed by atoms with E-state index in [1.54, 1.807) is 22.6 Å².